The molecule has 0 aliphatic rings. The van der Waals surface area contributed by atoms with E-state index >= 15 is 0 Å². The Morgan fingerprint density at radius 3 is 2.42 bits per heavy atom. The summed E-state index contributed by atoms with van der Waals surface area (Å²) in [7, 11) is 0. The molecule has 24 heavy (non-hydrogen) atoms. The first-order valence-electron chi connectivity index (χ1n) is 8.00. The van der Waals surface area contributed by atoms with Crippen LogP contribution in [0, 0.1) is 0 Å². The van der Waals surface area contributed by atoms with Crippen LogP contribution in [0.2, 0.25) is 5.02 Å². The Labute approximate surface area is 146 Å². The van der Waals surface area contributed by atoms with Gasteiger partial charge in [0.15, 0.2) is 0 Å². The van der Waals surface area contributed by atoms with Gasteiger partial charge >= 0.3 is 5.97 Å². The lowest BCUT2D eigenvalue weighted by Crippen LogP contribution is -2.47. The topological polar surface area (TPSA) is 95.5 Å². The average molecular weight is 355 g/mol. The minimum atomic E-state index is -1.01. The third kappa shape index (κ3) is 7.46. The SMILES string of the molecule is CCCCCNC(=O)C(CCC(=O)O)NC(=O)c1ccc(Cl)cc1. The molecule has 3 N–H and O–H groups in total. The second-order valence-corrected chi connectivity index (χ2v) is 5.90. The number of carboxylic acid groups (broad SMARTS) is 1. The Morgan fingerprint density at radius 2 is 1.83 bits per heavy atom. The van der Waals surface area contributed by atoms with Crippen molar-refractivity contribution in [3.63, 3.8) is 0 Å². The Kier molecular flexibility index (Phi) is 8.86. The zero-order valence-electron chi connectivity index (χ0n) is 13.7. The molecule has 0 saturated heterocycles. The predicted octanol–water partition coefficient (Wildman–Crippen LogP) is 2.61. The van der Waals surface area contributed by atoms with Gasteiger partial charge < -0.3 is 15.7 Å². The lowest BCUT2D eigenvalue weighted by Gasteiger charge is -2.18. The first-order valence-corrected chi connectivity index (χ1v) is 8.37. The van der Waals surface area contributed by atoms with Crippen LogP contribution >= 0.6 is 11.6 Å². The second-order valence-electron chi connectivity index (χ2n) is 5.46. The molecule has 6 nitrogen and oxygen atoms in total. The van der Waals surface area contributed by atoms with Gasteiger partial charge in [-0.1, -0.05) is 31.4 Å². The summed E-state index contributed by atoms with van der Waals surface area (Å²) in [5.41, 5.74) is 0.360. The van der Waals surface area contributed by atoms with Crippen molar-refractivity contribution in [2.75, 3.05) is 6.54 Å². The molecule has 1 unspecified atom stereocenters. The number of carbonyl (C=O) groups excluding carboxylic acids is 2. The van der Waals surface area contributed by atoms with Crippen LogP contribution in [0.1, 0.15) is 49.4 Å². The molecule has 132 valence electrons. The minimum Gasteiger partial charge on any atom is -0.481 e. The molecule has 0 spiro atoms. The summed E-state index contributed by atoms with van der Waals surface area (Å²) < 4.78 is 0. The van der Waals surface area contributed by atoms with Crippen molar-refractivity contribution in [1.29, 1.82) is 0 Å². The maximum atomic E-state index is 12.2. The number of halogens is 1. The average Bonchev–Trinajstić information content (AvgIpc) is 2.55. The smallest absolute Gasteiger partial charge is 0.303 e. The highest BCUT2D eigenvalue weighted by Crippen LogP contribution is 2.10. The van der Waals surface area contributed by atoms with E-state index in [1.165, 1.54) is 0 Å². The van der Waals surface area contributed by atoms with Gasteiger partial charge in [-0.05, 0) is 37.1 Å². The van der Waals surface area contributed by atoms with Crippen LogP contribution in [0.4, 0.5) is 0 Å². The van der Waals surface area contributed by atoms with Gasteiger partial charge in [-0.25, -0.2) is 0 Å². The van der Waals surface area contributed by atoms with Crippen molar-refractivity contribution in [2.45, 2.75) is 45.1 Å². The monoisotopic (exact) mass is 354 g/mol. The third-order valence-electron chi connectivity index (χ3n) is 3.45. The summed E-state index contributed by atoms with van der Waals surface area (Å²) in [6, 6.07) is 5.36. The van der Waals surface area contributed by atoms with Crippen LogP contribution in [0.15, 0.2) is 24.3 Å². The van der Waals surface area contributed by atoms with E-state index in [9.17, 15) is 14.4 Å². The van der Waals surface area contributed by atoms with Crippen molar-refractivity contribution in [3.8, 4) is 0 Å². The highest BCUT2D eigenvalue weighted by atomic mass is 35.5. The highest BCUT2D eigenvalue weighted by Gasteiger charge is 2.22. The Balaban J connectivity index is 2.66. The number of benzene rings is 1. The maximum Gasteiger partial charge on any atom is 0.303 e. The molecule has 0 saturated carbocycles. The standard InChI is InChI=1S/C17H23ClN2O4/c1-2-3-4-11-19-17(24)14(9-10-15(21)22)20-16(23)12-5-7-13(18)8-6-12/h5-8,14H,2-4,9-11H2,1H3,(H,19,24)(H,20,23)(H,21,22). The molecule has 0 bridgehead atoms. The van der Waals surface area contributed by atoms with E-state index in [4.69, 9.17) is 16.7 Å². The van der Waals surface area contributed by atoms with Gasteiger partial charge in [0.1, 0.15) is 6.04 Å². The summed E-state index contributed by atoms with van der Waals surface area (Å²) >= 11 is 5.78. The van der Waals surface area contributed by atoms with Gasteiger partial charge in [0.05, 0.1) is 0 Å². The van der Waals surface area contributed by atoms with Gasteiger partial charge in [0.2, 0.25) is 5.91 Å². The van der Waals surface area contributed by atoms with Crippen molar-refractivity contribution in [3.05, 3.63) is 34.9 Å². The number of rotatable bonds is 10. The maximum absolute atomic E-state index is 12.2. The fraction of sp³-hybridized carbons (Fsp3) is 0.471. The number of unbranched alkanes of at least 4 members (excludes halogenated alkanes) is 2. The Hall–Kier alpha value is -2.08. The zero-order valence-corrected chi connectivity index (χ0v) is 14.4. The summed E-state index contributed by atoms with van der Waals surface area (Å²) in [5, 5.41) is 14.6. The van der Waals surface area contributed by atoms with E-state index in [0.29, 0.717) is 17.1 Å². The van der Waals surface area contributed by atoms with Gasteiger partial charge in [0.25, 0.3) is 5.91 Å². The largest absolute Gasteiger partial charge is 0.481 e. The van der Waals surface area contributed by atoms with Crippen LogP contribution < -0.4 is 10.6 Å². The number of carboxylic acids is 1. The van der Waals surface area contributed by atoms with Crippen LogP contribution in [-0.4, -0.2) is 35.5 Å². The van der Waals surface area contributed by atoms with Crippen molar-refractivity contribution in [2.24, 2.45) is 0 Å². The van der Waals surface area contributed by atoms with Crippen LogP contribution in [-0.2, 0) is 9.59 Å². The normalized spacial score (nSPS) is 11.6. The van der Waals surface area contributed by atoms with Crippen molar-refractivity contribution < 1.29 is 19.5 Å². The van der Waals surface area contributed by atoms with Crippen LogP contribution in [0.3, 0.4) is 0 Å². The minimum absolute atomic E-state index is 0.0360. The van der Waals surface area contributed by atoms with E-state index in [1.807, 2.05) is 0 Å². The van der Waals surface area contributed by atoms with E-state index in [-0.39, 0.29) is 18.7 Å². The molecule has 0 heterocycles. The molecule has 0 radical (unpaired) electrons. The predicted molar refractivity (Wildman–Crippen MR) is 92.1 cm³/mol. The third-order valence-corrected chi connectivity index (χ3v) is 3.71. The van der Waals surface area contributed by atoms with Gasteiger partial charge in [-0.3, -0.25) is 14.4 Å². The van der Waals surface area contributed by atoms with E-state index in [2.05, 4.69) is 17.6 Å². The fourth-order valence-electron chi connectivity index (χ4n) is 2.09. The molecule has 0 aliphatic carbocycles. The van der Waals surface area contributed by atoms with Gasteiger partial charge in [-0.15, -0.1) is 0 Å². The number of aliphatic carboxylic acids is 1. The quantitative estimate of drug-likeness (QED) is 0.563. The first kappa shape index (κ1) is 20.0. The number of nitrogens with one attached hydrogen (secondary N) is 2. The molecule has 0 aliphatic heterocycles. The second kappa shape index (κ2) is 10.6. The van der Waals surface area contributed by atoms with Crippen LogP contribution in [0.5, 0.6) is 0 Å². The lowest BCUT2D eigenvalue weighted by atomic mass is 10.1. The summed E-state index contributed by atoms with van der Waals surface area (Å²) in [6.45, 7) is 2.57. The van der Waals surface area contributed by atoms with E-state index in [1.54, 1.807) is 24.3 Å². The van der Waals surface area contributed by atoms with Crippen molar-refractivity contribution in [1.82, 2.24) is 10.6 Å². The van der Waals surface area contributed by atoms with Crippen LogP contribution in [0.25, 0.3) is 0 Å². The molecular formula is C17H23ClN2O4. The highest BCUT2D eigenvalue weighted by molar-refractivity contribution is 6.30. The fourth-order valence-corrected chi connectivity index (χ4v) is 2.22. The zero-order chi connectivity index (χ0) is 17.9. The molecule has 7 heteroatoms. The first-order chi connectivity index (χ1) is 11.4. The number of amides is 2. The summed E-state index contributed by atoms with van der Waals surface area (Å²) in [4.78, 5) is 35.2. The molecule has 2 amide bonds. The van der Waals surface area contributed by atoms with Crippen molar-refractivity contribution >= 4 is 29.4 Å². The molecule has 1 aromatic carbocycles. The summed E-state index contributed by atoms with van der Waals surface area (Å²) in [6.07, 6.45) is 2.71. The molecule has 0 fully saturated rings. The van der Waals surface area contributed by atoms with Gasteiger partial charge in [-0.2, -0.15) is 0 Å². The number of carbonyl (C=O) groups is 3. The lowest BCUT2D eigenvalue weighted by molar-refractivity contribution is -0.137. The van der Waals surface area contributed by atoms with Gasteiger partial charge in [0, 0.05) is 23.6 Å². The molecule has 1 aromatic rings. The summed E-state index contributed by atoms with van der Waals surface area (Å²) in [5.74, 6) is -1.82. The molecule has 0 aromatic heterocycles. The molecular weight excluding hydrogens is 332 g/mol. The number of hydrogen-bond donors (Lipinski definition) is 3. The van der Waals surface area contributed by atoms with E-state index in [0.717, 1.165) is 19.3 Å². The Bertz CT molecular complexity index is 560. The molecule has 1 atom stereocenters. The molecule has 1 rings (SSSR count). The number of hydrogen-bond acceptors (Lipinski definition) is 3. The Morgan fingerprint density at radius 1 is 1.17 bits per heavy atom. The van der Waals surface area contributed by atoms with E-state index < -0.39 is 17.9 Å².